The van der Waals surface area contributed by atoms with Gasteiger partial charge in [-0.1, -0.05) is 48.5 Å². The van der Waals surface area contributed by atoms with Gasteiger partial charge in [0.2, 0.25) is 5.91 Å². The number of fused-ring (bicyclic) bond motifs is 2. The van der Waals surface area contributed by atoms with Gasteiger partial charge in [0.25, 0.3) is 5.91 Å². The minimum Gasteiger partial charge on any atom is -0.338 e. The van der Waals surface area contributed by atoms with Crippen LogP contribution in [0.25, 0.3) is 11.3 Å². The Labute approximate surface area is 169 Å². The summed E-state index contributed by atoms with van der Waals surface area (Å²) < 4.78 is 0. The SMILES string of the molecule is CN1C(=O)C2(CCN(C(=O)c3cn[nH]c3-c3ccccc3)CC2)c2ccccc21. The highest BCUT2D eigenvalue weighted by molar-refractivity contribution is 6.08. The molecule has 6 heteroatoms. The van der Waals surface area contributed by atoms with Crippen LogP contribution < -0.4 is 4.90 Å². The van der Waals surface area contributed by atoms with Crippen LogP contribution in [0.4, 0.5) is 5.69 Å². The Bertz CT molecular complexity index is 1080. The molecule has 29 heavy (non-hydrogen) atoms. The number of nitrogens with zero attached hydrogens (tertiary/aromatic N) is 3. The minimum absolute atomic E-state index is 0.0421. The number of H-pyrrole nitrogens is 1. The van der Waals surface area contributed by atoms with Crippen molar-refractivity contribution in [1.29, 1.82) is 0 Å². The normalized spacial score (nSPS) is 17.6. The molecule has 1 aromatic heterocycles. The van der Waals surface area contributed by atoms with Crippen LogP contribution in [0, 0.1) is 0 Å². The summed E-state index contributed by atoms with van der Waals surface area (Å²) in [7, 11) is 1.84. The number of benzene rings is 2. The zero-order valence-corrected chi connectivity index (χ0v) is 16.3. The first-order valence-corrected chi connectivity index (χ1v) is 9.87. The lowest BCUT2D eigenvalue weighted by atomic mass is 9.73. The van der Waals surface area contributed by atoms with E-state index in [4.69, 9.17) is 0 Å². The van der Waals surface area contributed by atoms with Crippen LogP contribution in [-0.2, 0) is 10.2 Å². The monoisotopic (exact) mass is 386 g/mol. The molecule has 1 saturated heterocycles. The first-order chi connectivity index (χ1) is 14.1. The van der Waals surface area contributed by atoms with Gasteiger partial charge in [-0.2, -0.15) is 5.10 Å². The maximum atomic E-state index is 13.2. The van der Waals surface area contributed by atoms with E-state index in [0.717, 1.165) is 22.5 Å². The van der Waals surface area contributed by atoms with E-state index in [0.29, 0.717) is 31.5 Å². The summed E-state index contributed by atoms with van der Waals surface area (Å²) in [5.41, 5.74) is 3.80. The van der Waals surface area contributed by atoms with Crippen molar-refractivity contribution in [1.82, 2.24) is 15.1 Å². The van der Waals surface area contributed by atoms with E-state index < -0.39 is 5.41 Å². The van der Waals surface area contributed by atoms with Gasteiger partial charge in [-0.05, 0) is 24.5 Å². The van der Waals surface area contributed by atoms with E-state index in [2.05, 4.69) is 16.3 Å². The van der Waals surface area contributed by atoms with Crippen LogP contribution >= 0.6 is 0 Å². The number of para-hydroxylation sites is 1. The molecule has 5 rings (SSSR count). The maximum Gasteiger partial charge on any atom is 0.257 e. The van der Waals surface area contributed by atoms with Crippen molar-refractivity contribution < 1.29 is 9.59 Å². The number of amides is 2. The average molecular weight is 386 g/mol. The number of piperidine rings is 1. The van der Waals surface area contributed by atoms with Crippen molar-refractivity contribution >= 4 is 17.5 Å². The fourth-order valence-electron chi connectivity index (χ4n) is 4.73. The van der Waals surface area contributed by atoms with Gasteiger partial charge in [-0.3, -0.25) is 14.7 Å². The minimum atomic E-state index is -0.513. The van der Waals surface area contributed by atoms with Crippen LogP contribution in [0.15, 0.2) is 60.8 Å². The zero-order valence-electron chi connectivity index (χ0n) is 16.3. The van der Waals surface area contributed by atoms with E-state index in [1.165, 1.54) is 0 Å². The number of hydrogen-bond donors (Lipinski definition) is 1. The second-order valence-electron chi connectivity index (χ2n) is 7.78. The number of nitrogens with one attached hydrogen (secondary N) is 1. The standard InChI is InChI=1S/C23H22N4O2/c1-26-19-10-6-5-9-18(19)23(22(26)29)11-13-27(14-12-23)21(28)17-15-24-25-20(17)16-7-3-2-4-8-16/h2-10,15H,11-14H2,1H3,(H,24,25). The smallest absolute Gasteiger partial charge is 0.257 e. The molecule has 2 aliphatic rings. The van der Waals surface area contributed by atoms with Crippen LogP contribution in [0.5, 0.6) is 0 Å². The molecular formula is C23H22N4O2. The Morgan fingerprint density at radius 2 is 1.72 bits per heavy atom. The molecule has 0 atom stereocenters. The molecule has 146 valence electrons. The van der Waals surface area contributed by atoms with Gasteiger partial charge in [0.15, 0.2) is 0 Å². The Hall–Kier alpha value is -3.41. The van der Waals surface area contributed by atoms with E-state index in [1.807, 2.05) is 60.5 Å². The molecule has 1 N–H and O–H groups in total. The molecule has 0 aliphatic carbocycles. The molecule has 0 saturated carbocycles. The van der Waals surface area contributed by atoms with Crippen LogP contribution in [0.3, 0.4) is 0 Å². The predicted octanol–water partition coefficient (Wildman–Crippen LogP) is 3.23. The maximum absolute atomic E-state index is 13.2. The number of rotatable bonds is 2. The Balaban J connectivity index is 1.39. The topological polar surface area (TPSA) is 69.3 Å². The van der Waals surface area contributed by atoms with Crippen molar-refractivity contribution in [2.45, 2.75) is 18.3 Å². The summed E-state index contributed by atoms with van der Waals surface area (Å²) in [6, 6.07) is 17.7. The first kappa shape index (κ1) is 17.7. The van der Waals surface area contributed by atoms with E-state index in [9.17, 15) is 9.59 Å². The molecule has 2 amide bonds. The molecule has 0 bridgehead atoms. The fraction of sp³-hybridized carbons (Fsp3) is 0.261. The Morgan fingerprint density at radius 3 is 2.48 bits per heavy atom. The molecule has 1 fully saturated rings. The fourth-order valence-corrected chi connectivity index (χ4v) is 4.73. The number of aromatic amines is 1. The number of anilines is 1. The summed E-state index contributed by atoms with van der Waals surface area (Å²) in [5, 5.41) is 7.06. The largest absolute Gasteiger partial charge is 0.338 e. The van der Waals surface area contributed by atoms with E-state index in [1.54, 1.807) is 11.1 Å². The first-order valence-electron chi connectivity index (χ1n) is 9.87. The molecule has 0 radical (unpaired) electrons. The Morgan fingerprint density at radius 1 is 1.03 bits per heavy atom. The van der Waals surface area contributed by atoms with Gasteiger partial charge < -0.3 is 9.80 Å². The highest BCUT2D eigenvalue weighted by atomic mass is 16.2. The van der Waals surface area contributed by atoms with Gasteiger partial charge >= 0.3 is 0 Å². The van der Waals surface area contributed by atoms with Crippen molar-refractivity contribution in [2.24, 2.45) is 0 Å². The van der Waals surface area contributed by atoms with Crippen molar-refractivity contribution in [3.63, 3.8) is 0 Å². The average Bonchev–Trinajstić information content (AvgIpc) is 3.34. The quantitative estimate of drug-likeness (QED) is 0.735. The third-order valence-electron chi connectivity index (χ3n) is 6.33. The summed E-state index contributed by atoms with van der Waals surface area (Å²) >= 11 is 0. The molecule has 3 heterocycles. The van der Waals surface area contributed by atoms with Gasteiger partial charge in [0.05, 0.1) is 22.9 Å². The second-order valence-corrected chi connectivity index (χ2v) is 7.78. The van der Waals surface area contributed by atoms with E-state index >= 15 is 0 Å². The highest BCUT2D eigenvalue weighted by Gasteiger charge is 2.51. The predicted molar refractivity (Wildman–Crippen MR) is 111 cm³/mol. The lowest BCUT2D eigenvalue weighted by Crippen LogP contribution is -2.49. The van der Waals surface area contributed by atoms with Crippen molar-refractivity contribution in [2.75, 3.05) is 25.0 Å². The van der Waals surface area contributed by atoms with Crippen molar-refractivity contribution in [3.05, 3.63) is 71.9 Å². The number of carbonyl (C=O) groups is 2. The van der Waals surface area contributed by atoms with E-state index in [-0.39, 0.29) is 11.8 Å². The zero-order chi connectivity index (χ0) is 20.0. The van der Waals surface area contributed by atoms with Crippen molar-refractivity contribution in [3.8, 4) is 11.3 Å². The van der Waals surface area contributed by atoms with Gasteiger partial charge in [0.1, 0.15) is 0 Å². The molecule has 2 aliphatic heterocycles. The third-order valence-corrected chi connectivity index (χ3v) is 6.33. The van der Waals surface area contributed by atoms with Gasteiger partial charge in [-0.25, -0.2) is 0 Å². The lowest BCUT2D eigenvalue weighted by Gasteiger charge is -2.38. The summed E-state index contributed by atoms with van der Waals surface area (Å²) in [6.45, 7) is 1.10. The van der Waals surface area contributed by atoms with Gasteiger partial charge in [-0.15, -0.1) is 0 Å². The number of likely N-dealkylation sites (N-methyl/N-ethyl adjacent to an activating group) is 1. The molecule has 2 aromatic carbocycles. The molecule has 1 spiro atoms. The summed E-state index contributed by atoms with van der Waals surface area (Å²) in [4.78, 5) is 29.9. The third kappa shape index (κ3) is 2.59. The summed E-state index contributed by atoms with van der Waals surface area (Å²) in [5.74, 6) is 0.0959. The number of hydrogen-bond acceptors (Lipinski definition) is 3. The molecular weight excluding hydrogens is 364 g/mol. The highest BCUT2D eigenvalue weighted by Crippen LogP contribution is 2.47. The Kier molecular flexibility index (Phi) is 4.01. The number of carbonyl (C=O) groups excluding carboxylic acids is 2. The van der Waals surface area contributed by atoms with Crippen LogP contribution in [-0.4, -0.2) is 47.0 Å². The molecule has 3 aromatic rings. The van der Waals surface area contributed by atoms with Crippen LogP contribution in [0.1, 0.15) is 28.8 Å². The number of aromatic nitrogens is 2. The number of likely N-dealkylation sites (tertiary alicyclic amines) is 1. The second kappa shape index (κ2) is 6.58. The molecule has 6 nitrogen and oxygen atoms in total. The van der Waals surface area contributed by atoms with Crippen LogP contribution in [0.2, 0.25) is 0 Å². The van der Waals surface area contributed by atoms with Gasteiger partial charge in [0, 0.05) is 31.4 Å². The lowest BCUT2D eigenvalue weighted by molar-refractivity contribution is -0.124. The molecule has 0 unspecified atom stereocenters. The summed E-state index contributed by atoms with van der Waals surface area (Å²) in [6.07, 6.45) is 2.87.